The summed E-state index contributed by atoms with van der Waals surface area (Å²) >= 11 is 0. The SMILES string of the molecule is CCCCCn1nc(C(=O)Nc2ccncc2)c2ccccc2c1=O. The summed E-state index contributed by atoms with van der Waals surface area (Å²) in [7, 11) is 0. The van der Waals surface area contributed by atoms with E-state index < -0.39 is 0 Å². The zero-order valence-electron chi connectivity index (χ0n) is 14.1. The Morgan fingerprint density at radius 2 is 1.80 bits per heavy atom. The number of carbonyl (C=O) groups excluding carboxylic acids is 1. The first-order chi connectivity index (χ1) is 12.2. The molecule has 0 atom stereocenters. The number of amides is 1. The van der Waals surface area contributed by atoms with E-state index in [1.807, 2.05) is 0 Å². The van der Waals surface area contributed by atoms with E-state index in [1.54, 1.807) is 48.8 Å². The number of hydrogen-bond donors (Lipinski definition) is 1. The van der Waals surface area contributed by atoms with Gasteiger partial charge < -0.3 is 5.32 Å². The Labute approximate surface area is 145 Å². The average molecular weight is 336 g/mol. The molecule has 0 spiro atoms. The molecule has 2 aromatic heterocycles. The zero-order valence-corrected chi connectivity index (χ0v) is 14.1. The topological polar surface area (TPSA) is 76.9 Å². The molecule has 3 aromatic rings. The summed E-state index contributed by atoms with van der Waals surface area (Å²) in [6.07, 6.45) is 6.13. The summed E-state index contributed by atoms with van der Waals surface area (Å²) in [6.45, 7) is 2.61. The molecule has 3 rings (SSSR count). The van der Waals surface area contributed by atoms with E-state index in [1.165, 1.54) is 4.68 Å². The Morgan fingerprint density at radius 1 is 1.08 bits per heavy atom. The first kappa shape index (κ1) is 16.8. The van der Waals surface area contributed by atoms with E-state index >= 15 is 0 Å². The molecule has 0 aliphatic heterocycles. The number of fused-ring (bicyclic) bond motifs is 1. The summed E-state index contributed by atoms with van der Waals surface area (Å²) in [4.78, 5) is 29.3. The molecule has 0 bridgehead atoms. The molecule has 2 heterocycles. The fraction of sp³-hybridized carbons (Fsp3) is 0.263. The average Bonchev–Trinajstić information content (AvgIpc) is 2.64. The Kier molecular flexibility index (Phi) is 5.18. The molecule has 0 unspecified atom stereocenters. The molecule has 0 aliphatic carbocycles. The third-order valence-corrected chi connectivity index (χ3v) is 3.99. The van der Waals surface area contributed by atoms with Crippen LogP contribution in [0, 0.1) is 0 Å². The molecule has 0 aliphatic rings. The van der Waals surface area contributed by atoms with Gasteiger partial charge in [-0.15, -0.1) is 0 Å². The maximum Gasteiger partial charge on any atom is 0.276 e. The third-order valence-electron chi connectivity index (χ3n) is 3.99. The highest BCUT2D eigenvalue weighted by Gasteiger charge is 2.16. The Morgan fingerprint density at radius 3 is 2.52 bits per heavy atom. The van der Waals surface area contributed by atoms with Crippen LogP contribution in [0.3, 0.4) is 0 Å². The maximum absolute atomic E-state index is 12.7. The van der Waals surface area contributed by atoms with Gasteiger partial charge in [0.15, 0.2) is 5.69 Å². The Bertz CT molecular complexity index is 935. The Balaban J connectivity index is 2.02. The van der Waals surface area contributed by atoms with Crippen molar-refractivity contribution in [3.05, 3.63) is 64.8 Å². The fourth-order valence-electron chi connectivity index (χ4n) is 2.69. The lowest BCUT2D eigenvalue weighted by Crippen LogP contribution is -2.27. The van der Waals surface area contributed by atoms with Crippen LogP contribution >= 0.6 is 0 Å². The number of hydrogen-bond acceptors (Lipinski definition) is 4. The van der Waals surface area contributed by atoms with Crippen LogP contribution in [0.15, 0.2) is 53.6 Å². The first-order valence-corrected chi connectivity index (χ1v) is 8.42. The molecule has 6 nitrogen and oxygen atoms in total. The van der Waals surface area contributed by atoms with Crippen molar-refractivity contribution in [2.75, 3.05) is 5.32 Å². The minimum Gasteiger partial charge on any atom is -0.320 e. The van der Waals surface area contributed by atoms with Gasteiger partial charge in [0, 0.05) is 30.0 Å². The van der Waals surface area contributed by atoms with Crippen molar-refractivity contribution in [1.29, 1.82) is 0 Å². The monoisotopic (exact) mass is 336 g/mol. The van der Waals surface area contributed by atoms with E-state index in [9.17, 15) is 9.59 Å². The lowest BCUT2D eigenvalue weighted by atomic mass is 10.1. The van der Waals surface area contributed by atoms with E-state index in [2.05, 4.69) is 22.3 Å². The molecule has 1 aromatic carbocycles. The second kappa shape index (κ2) is 7.70. The van der Waals surface area contributed by atoms with Crippen LogP contribution in [0.2, 0.25) is 0 Å². The number of anilines is 1. The van der Waals surface area contributed by atoms with Gasteiger partial charge in [-0.05, 0) is 24.6 Å². The number of benzene rings is 1. The molecule has 0 fully saturated rings. The van der Waals surface area contributed by atoms with Crippen molar-refractivity contribution >= 4 is 22.4 Å². The molecule has 0 radical (unpaired) electrons. The van der Waals surface area contributed by atoms with Gasteiger partial charge in [0.25, 0.3) is 11.5 Å². The van der Waals surface area contributed by atoms with Gasteiger partial charge >= 0.3 is 0 Å². The normalized spacial score (nSPS) is 10.8. The van der Waals surface area contributed by atoms with Crippen LogP contribution < -0.4 is 10.9 Å². The van der Waals surface area contributed by atoms with Crippen LogP contribution in [0.1, 0.15) is 36.7 Å². The van der Waals surface area contributed by atoms with Crippen molar-refractivity contribution in [2.45, 2.75) is 32.7 Å². The molecular weight excluding hydrogens is 316 g/mol. The van der Waals surface area contributed by atoms with Crippen molar-refractivity contribution in [1.82, 2.24) is 14.8 Å². The van der Waals surface area contributed by atoms with E-state index in [-0.39, 0.29) is 17.2 Å². The Hall–Kier alpha value is -3.02. The highest BCUT2D eigenvalue weighted by molar-refractivity contribution is 6.11. The summed E-state index contributed by atoms with van der Waals surface area (Å²) in [6, 6.07) is 10.5. The standard InChI is InChI=1S/C19H20N4O2/c1-2-3-6-13-23-19(25)16-8-5-4-7-15(16)17(22-23)18(24)21-14-9-11-20-12-10-14/h4-5,7-12H,2-3,6,13H2,1H3,(H,20,21,24). The van der Waals surface area contributed by atoms with Gasteiger partial charge in [-0.2, -0.15) is 5.10 Å². The second-order valence-corrected chi connectivity index (χ2v) is 5.82. The third kappa shape index (κ3) is 3.74. The van der Waals surface area contributed by atoms with Crippen molar-refractivity contribution < 1.29 is 4.79 Å². The predicted octanol–water partition coefficient (Wildman–Crippen LogP) is 3.23. The summed E-state index contributed by atoms with van der Waals surface area (Å²) < 4.78 is 1.40. The molecule has 0 saturated carbocycles. The van der Waals surface area contributed by atoms with Crippen molar-refractivity contribution in [3.8, 4) is 0 Å². The number of aromatic nitrogens is 3. The molecular formula is C19H20N4O2. The van der Waals surface area contributed by atoms with Gasteiger partial charge in [0.05, 0.1) is 5.39 Å². The molecule has 1 N–H and O–H groups in total. The maximum atomic E-state index is 12.7. The van der Waals surface area contributed by atoms with Crippen LogP contribution in [0.4, 0.5) is 5.69 Å². The molecule has 6 heteroatoms. The number of pyridine rings is 1. The molecule has 1 amide bonds. The van der Waals surface area contributed by atoms with E-state index in [0.29, 0.717) is 23.0 Å². The van der Waals surface area contributed by atoms with Gasteiger partial charge in [-0.1, -0.05) is 38.0 Å². The fourth-order valence-corrected chi connectivity index (χ4v) is 2.69. The van der Waals surface area contributed by atoms with E-state index in [4.69, 9.17) is 0 Å². The minimum atomic E-state index is -0.341. The largest absolute Gasteiger partial charge is 0.320 e. The second-order valence-electron chi connectivity index (χ2n) is 5.82. The number of aryl methyl sites for hydroxylation is 1. The van der Waals surface area contributed by atoms with Gasteiger partial charge in [-0.25, -0.2) is 4.68 Å². The van der Waals surface area contributed by atoms with Gasteiger partial charge in [-0.3, -0.25) is 14.6 Å². The summed E-state index contributed by atoms with van der Waals surface area (Å²) in [5.41, 5.74) is 0.727. The van der Waals surface area contributed by atoms with Gasteiger partial charge in [0.1, 0.15) is 0 Å². The molecule has 25 heavy (non-hydrogen) atoms. The summed E-state index contributed by atoms with van der Waals surface area (Å²) in [5.74, 6) is -0.341. The molecule has 128 valence electrons. The number of nitrogens with one attached hydrogen (secondary N) is 1. The minimum absolute atomic E-state index is 0.160. The van der Waals surface area contributed by atoms with E-state index in [0.717, 1.165) is 19.3 Å². The first-order valence-electron chi connectivity index (χ1n) is 8.42. The highest BCUT2D eigenvalue weighted by atomic mass is 16.2. The summed E-state index contributed by atoms with van der Waals surface area (Å²) in [5, 5.41) is 8.22. The van der Waals surface area contributed by atoms with Crippen LogP contribution in [0.25, 0.3) is 10.8 Å². The number of rotatable bonds is 6. The lowest BCUT2D eigenvalue weighted by Gasteiger charge is -2.11. The van der Waals surface area contributed by atoms with Crippen molar-refractivity contribution in [3.63, 3.8) is 0 Å². The molecule has 0 saturated heterocycles. The number of unbranched alkanes of at least 4 members (excludes halogenated alkanes) is 2. The van der Waals surface area contributed by atoms with Crippen molar-refractivity contribution in [2.24, 2.45) is 0 Å². The smallest absolute Gasteiger partial charge is 0.276 e. The van der Waals surface area contributed by atoms with Crippen LogP contribution in [-0.2, 0) is 6.54 Å². The predicted molar refractivity (Wildman–Crippen MR) is 97.7 cm³/mol. The number of nitrogens with zero attached hydrogens (tertiary/aromatic N) is 3. The lowest BCUT2D eigenvalue weighted by molar-refractivity contribution is 0.102. The van der Waals surface area contributed by atoms with Crippen LogP contribution in [0.5, 0.6) is 0 Å². The number of carbonyl (C=O) groups is 1. The highest BCUT2D eigenvalue weighted by Crippen LogP contribution is 2.15. The van der Waals surface area contributed by atoms with Gasteiger partial charge in [0.2, 0.25) is 0 Å². The zero-order chi connectivity index (χ0) is 17.6. The quantitative estimate of drug-likeness (QED) is 0.701. The van der Waals surface area contributed by atoms with Crippen LogP contribution in [-0.4, -0.2) is 20.7 Å².